The zero-order valence-corrected chi connectivity index (χ0v) is 18.2. The summed E-state index contributed by atoms with van der Waals surface area (Å²) in [6.07, 6.45) is 2.52. The fourth-order valence-electron chi connectivity index (χ4n) is 3.64. The van der Waals surface area contributed by atoms with Crippen LogP contribution < -0.4 is 5.73 Å². The lowest BCUT2D eigenvalue weighted by Crippen LogP contribution is -2.21. The van der Waals surface area contributed by atoms with Crippen molar-refractivity contribution in [1.82, 2.24) is 14.8 Å². The van der Waals surface area contributed by atoms with Crippen LogP contribution in [0.4, 0.5) is 5.95 Å². The van der Waals surface area contributed by atoms with Gasteiger partial charge in [0.15, 0.2) is 10.9 Å². The molecule has 1 aliphatic carbocycles. The molecule has 5 nitrogen and oxygen atoms in total. The second kappa shape index (κ2) is 8.36. The average Bonchev–Trinajstić information content (AvgIpc) is 3.53. The summed E-state index contributed by atoms with van der Waals surface area (Å²) in [5, 5.41) is 11.6. The summed E-state index contributed by atoms with van der Waals surface area (Å²) in [7, 11) is 0. The third-order valence-electron chi connectivity index (χ3n) is 5.82. The van der Waals surface area contributed by atoms with Gasteiger partial charge in [-0.3, -0.25) is 9.36 Å². The molecule has 29 heavy (non-hydrogen) atoms. The Bertz CT molecular complexity index is 1050. The number of alkyl halides is 1. The first kappa shape index (κ1) is 20.2. The van der Waals surface area contributed by atoms with Crippen LogP contribution in [0.1, 0.15) is 38.2 Å². The molecule has 0 saturated heterocycles. The minimum atomic E-state index is -0.0904. The van der Waals surface area contributed by atoms with E-state index in [9.17, 15) is 4.79 Å². The van der Waals surface area contributed by atoms with Crippen molar-refractivity contribution in [2.75, 3.05) is 17.4 Å². The summed E-state index contributed by atoms with van der Waals surface area (Å²) in [4.78, 5) is 11.9. The normalized spacial score (nSPS) is 16.1. The number of hydrogen-bond acceptors (Lipinski definition) is 5. The van der Waals surface area contributed by atoms with Gasteiger partial charge in [0.25, 0.3) is 0 Å². The Kier molecular flexibility index (Phi) is 5.83. The topological polar surface area (TPSA) is 73.8 Å². The highest BCUT2D eigenvalue weighted by Crippen LogP contribution is 2.44. The molecule has 7 heteroatoms. The summed E-state index contributed by atoms with van der Waals surface area (Å²) in [6.45, 7) is 3.99. The molecule has 3 aromatic rings. The SMILES string of the molecule is CC(C(=O)CCl)[C@@H](C)CSc1nnc(N)n1-c1ccc(C2CC2)c2ccccc12. The standard InChI is InChI=1S/C22H25ClN4OS/c1-13(14(2)20(28)11-23)12-29-22-26-25-21(24)27(22)19-10-9-16(15-7-8-15)17-5-3-4-6-18(17)19/h3-6,9-10,13-15H,7-8,11-12H2,1-2H3,(H2,24,25)/t13-,14?/m0/s1. The summed E-state index contributed by atoms with van der Waals surface area (Å²) in [5.41, 5.74) is 8.62. The van der Waals surface area contributed by atoms with Gasteiger partial charge in [-0.2, -0.15) is 0 Å². The van der Waals surface area contributed by atoms with Gasteiger partial charge in [0.05, 0.1) is 11.6 Å². The van der Waals surface area contributed by atoms with Crippen LogP contribution in [0.3, 0.4) is 0 Å². The van der Waals surface area contributed by atoms with E-state index in [1.165, 1.54) is 23.8 Å². The van der Waals surface area contributed by atoms with E-state index < -0.39 is 0 Å². The van der Waals surface area contributed by atoms with E-state index in [1.54, 1.807) is 11.8 Å². The molecule has 2 atom stereocenters. The molecule has 0 aliphatic heterocycles. The van der Waals surface area contributed by atoms with Gasteiger partial charge >= 0.3 is 0 Å². The van der Waals surface area contributed by atoms with Crippen LogP contribution in [0.15, 0.2) is 41.6 Å². The molecule has 4 rings (SSSR count). The minimum Gasteiger partial charge on any atom is -0.368 e. The van der Waals surface area contributed by atoms with Gasteiger partial charge in [0.2, 0.25) is 5.95 Å². The van der Waals surface area contributed by atoms with Gasteiger partial charge in [0, 0.05) is 17.1 Å². The van der Waals surface area contributed by atoms with Gasteiger partial charge in [-0.05, 0) is 41.7 Å². The minimum absolute atomic E-state index is 0.0542. The number of Topliss-reactive ketones (excluding diaryl/α,β-unsaturated/α-hetero) is 1. The number of hydrogen-bond donors (Lipinski definition) is 1. The van der Waals surface area contributed by atoms with E-state index in [-0.39, 0.29) is 23.5 Å². The number of thioether (sulfide) groups is 1. The predicted molar refractivity (Wildman–Crippen MR) is 120 cm³/mol. The van der Waals surface area contributed by atoms with Crippen molar-refractivity contribution in [2.24, 2.45) is 11.8 Å². The van der Waals surface area contributed by atoms with Crippen LogP contribution in [-0.2, 0) is 4.79 Å². The third-order valence-corrected chi connectivity index (χ3v) is 7.30. The lowest BCUT2D eigenvalue weighted by molar-refractivity contribution is -0.121. The molecule has 1 saturated carbocycles. The molecule has 0 amide bonds. The highest BCUT2D eigenvalue weighted by molar-refractivity contribution is 7.99. The number of carbonyl (C=O) groups excluding carboxylic acids is 1. The maximum absolute atomic E-state index is 11.9. The molecule has 2 N–H and O–H groups in total. The van der Waals surface area contributed by atoms with Crippen LogP contribution in [0.2, 0.25) is 0 Å². The number of carbonyl (C=O) groups is 1. The van der Waals surface area contributed by atoms with Gasteiger partial charge in [0.1, 0.15) is 0 Å². The van der Waals surface area contributed by atoms with Crippen molar-refractivity contribution in [3.8, 4) is 5.69 Å². The lowest BCUT2D eigenvalue weighted by Gasteiger charge is -2.18. The van der Waals surface area contributed by atoms with Gasteiger partial charge < -0.3 is 5.73 Å². The van der Waals surface area contributed by atoms with Crippen LogP contribution in [0, 0.1) is 11.8 Å². The number of fused-ring (bicyclic) bond motifs is 1. The van der Waals surface area contributed by atoms with Crippen LogP contribution in [0.5, 0.6) is 0 Å². The molecular weight excluding hydrogens is 404 g/mol. The van der Waals surface area contributed by atoms with Gasteiger partial charge in [-0.25, -0.2) is 0 Å². The predicted octanol–water partition coefficient (Wildman–Crippen LogP) is 5.05. The Morgan fingerprint density at radius 1 is 1.21 bits per heavy atom. The number of halogens is 1. The number of ketones is 1. The Labute approximate surface area is 180 Å². The van der Waals surface area contributed by atoms with Crippen molar-refractivity contribution >= 4 is 45.9 Å². The van der Waals surface area contributed by atoms with Crippen molar-refractivity contribution < 1.29 is 4.79 Å². The summed E-state index contributed by atoms with van der Waals surface area (Å²) in [5.74, 6) is 1.98. The number of aromatic nitrogens is 3. The van der Waals surface area contributed by atoms with Crippen LogP contribution in [-0.4, -0.2) is 32.2 Å². The van der Waals surface area contributed by atoms with Crippen molar-refractivity contribution in [2.45, 2.75) is 37.8 Å². The average molecular weight is 429 g/mol. The first-order chi connectivity index (χ1) is 14.0. The maximum Gasteiger partial charge on any atom is 0.227 e. The van der Waals surface area contributed by atoms with E-state index in [0.29, 0.717) is 11.9 Å². The molecule has 152 valence electrons. The number of benzene rings is 2. The third kappa shape index (κ3) is 4.01. The van der Waals surface area contributed by atoms with E-state index >= 15 is 0 Å². The molecular formula is C22H25ClN4OS. The monoisotopic (exact) mass is 428 g/mol. The number of nitrogens with two attached hydrogens (primary N) is 1. The van der Waals surface area contributed by atoms with Crippen molar-refractivity contribution in [3.63, 3.8) is 0 Å². The first-order valence-corrected chi connectivity index (χ1v) is 11.5. The molecule has 1 aliphatic rings. The number of nitrogen functional groups attached to an aromatic ring is 1. The second-order valence-electron chi connectivity index (χ2n) is 7.85. The molecule has 1 aromatic heterocycles. The number of rotatable bonds is 8. The first-order valence-electron chi connectivity index (χ1n) is 9.95. The molecule has 0 radical (unpaired) electrons. The number of nitrogens with zero attached hydrogens (tertiary/aromatic N) is 3. The smallest absolute Gasteiger partial charge is 0.227 e. The van der Waals surface area contributed by atoms with Crippen LogP contribution >= 0.6 is 23.4 Å². The van der Waals surface area contributed by atoms with E-state index in [2.05, 4.69) is 53.5 Å². The van der Waals surface area contributed by atoms with E-state index in [0.717, 1.165) is 22.0 Å². The molecule has 0 bridgehead atoms. The fourth-order valence-corrected chi connectivity index (χ4v) is 5.01. The van der Waals surface area contributed by atoms with E-state index in [4.69, 9.17) is 17.3 Å². The molecule has 1 unspecified atom stereocenters. The van der Waals surface area contributed by atoms with E-state index in [1.807, 2.05) is 11.5 Å². The highest BCUT2D eigenvalue weighted by atomic mass is 35.5. The zero-order chi connectivity index (χ0) is 20.5. The quantitative estimate of drug-likeness (QED) is 0.401. The van der Waals surface area contributed by atoms with Crippen molar-refractivity contribution in [3.05, 3.63) is 42.0 Å². The molecule has 1 fully saturated rings. The summed E-state index contributed by atoms with van der Waals surface area (Å²) < 4.78 is 1.92. The number of anilines is 1. The summed E-state index contributed by atoms with van der Waals surface area (Å²) >= 11 is 7.28. The molecule has 1 heterocycles. The van der Waals surface area contributed by atoms with Crippen LogP contribution in [0.25, 0.3) is 16.5 Å². The summed E-state index contributed by atoms with van der Waals surface area (Å²) in [6, 6.07) is 12.8. The Morgan fingerprint density at radius 2 is 1.93 bits per heavy atom. The lowest BCUT2D eigenvalue weighted by atomic mass is 9.94. The maximum atomic E-state index is 11.9. The second-order valence-corrected chi connectivity index (χ2v) is 9.10. The Hall–Kier alpha value is -2.05. The molecule has 2 aromatic carbocycles. The molecule has 0 spiro atoms. The van der Waals surface area contributed by atoms with Gasteiger partial charge in [-0.1, -0.05) is 55.9 Å². The Balaban J connectivity index is 1.66. The van der Waals surface area contributed by atoms with Crippen molar-refractivity contribution in [1.29, 1.82) is 0 Å². The Morgan fingerprint density at radius 3 is 2.62 bits per heavy atom. The van der Waals surface area contributed by atoms with Gasteiger partial charge in [-0.15, -0.1) is 21.8 Å². The largest absolute Gasteiger partial charge is 0.368 e. The zero-order valence-electron chi connectivity index (χ0n) is 16.6. The fraction of sp³-hybridized carbons (Fsp3) is 0.409. The highest BCUT2D eigenvalue weighted by Gasteiger charge is 2.27.